The van der Waals surface area contributed by atoms with Gasteiger partial charge in [0.05, 0.1) is 0 Å². The van der Waals surface area contributed by atoms with E-state index in [1.54, 1.807) is 0 Å². The molecular weight excluding hydrogens is 488 g/mol. The molecule has 0 spiro atoms. The third-order valence-electron chi connectivity index (χ3n) is 8.25. The normalized spacial score (nSPS) is 12.0. The van der Waals surface area contributed by atoms with Gasteiger partial charge in [-0.2, -0.15) is 0 Å². The summed E-state index contributed by atoms with van der Waals surface area (Å²) in [7, 11) is 0. The van der Waals surface area contributed by atoms with E-state index >= 15 is 0 Å². The Morgan fingerprint density at radius 1 is 0.350 bits per heavy atom. The molecule has 7 aromatic carbocycles. The first-order valence-corrected chi connectivity index (χ1v) is 13.6. The Morgan fingerprint density at radius 3 is 1.60 bits per heavy atom. The van der Waals surface area contributed by atoms with Gasteiger partial charge in [-0.15, -0.1) is 0 Å². The van der Waals surface area contributed by atoms with Gasteiger partial charge in [0.25, 0.3) is 0 Å². The summed E-state index contributed by atoms with van der Waals surface area (Å²) in [5.74, 6) is 1.77. The van der Waals surface area contributed by atoms with Crippen molar-refractivity contribution in [3.8, 4) is 33.8 Å². The molecule has 0 radical (unpaired) electrons. The van der Waals surface area contributed by atoms with E-state index in [-0.39, 0.29) is 0 Å². The maximum atomic E-state index is 6.45. The van der Waals surface area contributed by atoms with Crippen LogP contribution in [0.15, 0.2) is 142 Å². The lowest BCUT2D eigenvalue weighted by molar-refractivity contribution is 0.632. The SMILES string of the molecule is c1ccc(-c2cc(-c3cc4ccccc4o3)c3ccc4ccc(-c5cc6ccccc6o5)c5ccc2c3c45)cc1. The molecule has 0 amide bonds. The van der Waals surface area contributed by atoms with Crippen LogP contribution in [0.1, 0.15) is 0 Å². The van der Waals surface area contributed by atoms with Gasteiger partial charge in [0.1, 0.15) is 22.7 Å². The average molecular weight is 511 g/mol. The molecule has 186 valence electrons. The van der Waals surface area contributed by atoms with E-state index in [4.69, 9.17) is 8.83 Å². The fourth-order valence-corrected chi connectivity index (χ4v) is 6.40. The number of hydrogen-bond donors (Lipinski definition) is 0. The van der Waals surface area contributed by atoms with Crippen LogP contribution in [0.2, 0.25) is 0 Å². The minimum absolute atomic E-state index is 0.883. The van der Waals surface area contributed by atoms with Crippen LogP contribution in [-0.2, 0) is 0 Å². The third-order valence-corrected chi connectivity index (χ3v) is 8.25. The van der Waals surface area contributed by atoms with E-state index in [1.165, 1.54) is 43.4 Å². The predicted octanol–water partition coefficient (Wildman–Crippen LogP) is 11.1. The van der Waals surface area contributed by atoms with E-state index in [2.05, 4.69) is 109 Å². The summed E-state index contributed by atoms with van der Waals surface area (Å²) in [4.78, 5) is 0. The molecule has 0 unspecified atom stereocenters. The molecule has 2 heteroatoms. The van der Waals surface area contributed by atoms with Crippen molar-refractivity contribution in [2.24, 2.45) is 0 Å². The highest BCUT2D eigenvalue weighted by atomic mass is 16.3. The molecule has 0 aliphatic heterocycles. The zero-order valence-electron chi connectivity index (χ0n) is 21.5. The molecule has 2 nitrogen and oxygen atoms in total. The smallest absolute Gasteiger partial charge is 0.136 e. The summed E-state index contributed by atoms with van der Waals surface area (Å²) >= 11 is 0. The molecule has 0 fully saturated rings. The second-order valence-electron chi connectivity index (χ2n) is 10.5. The summed E-state index contributed by atoms with van der Waals surface area (Å²) in [6.07, 6.45) is 0. The van der Waals surface area contributed by atoms with E-state index < -0.39 is 0 Å². The second kappa shape index (κ2) is 8.08. The monoisotopic (exact) mass is 510 g/mol. The molecule has 9 aromatic rings. The second-order valence-corrected chi connectivity index (χ2v) is 10.5. The van der Waals surface area contributed by atoms with Crippen LogP contribution in [0.3, 0.4) is 0 Å². The van der Waals surface area contributed by atoms with E-state index in [9.17, 15) is 0 Å². The van der Waals surface area contributed by atoms with Crippen molar-refractivity contribution >= 4 is 54.3 Å². The Labute approximate surface area is 230 Å². The summed E-state index contributed by atoms with van der Waals surface area (Å²) in [5, 5.41) is 9.56. The molecule has 0 saturated carbocycles. The minimum atomic E-state index is 0.883. The zero-order valence-corrected chi connectivity index (χ0v) is 21.5. The standard InChI is InChI=1S/C38H22O2/c1-2-8-23(9-3-1)31-22-32(36-21-26-11-5-7-13-34(26)40-36)30-17-15-24-14-16-27(28-18-19-29(31)38(30)37(24)28)35-20-25-10-4-6-12-33(25)39-35/h1-22H. The van der Waals surface area contributed by atoms with Crippen LogP contribution in [0.5, 0.6) is 0 Å². The first-order valence-electron chi connectivity index (χ1n) is 13.6. The number of hydrogen-bond acceptors (Lipinski definition) is 2. The van der Waals surface area contributed by atoms with Crippen LogP contribution >= 0.6 is 0 Å². The van der Waals surface area contributed by atoms with Gasteiger partial charge in [0, 0.05) is 21.9 Å². The van der Waals surface area contributed by atoms with Crippen LogP contribution in [-0.4, -0.2) is 0 Å². The lowest BCUT2D eigenvalue weighted by atomic mass is 9.85. The van der Waals surface area contributed by atoms with Gasteiger partial charge >= 0.3 is 0 Å². The maximum Gasteiger partial charge on any atom is 0.136 e. The Kier molecular flexibility index (Phi) is 4.36. The van der Waals surface area contributed by atoms with Gasteiger partial charge in [0.2, 0.25) is 0 Å². The molecule has 40 heavy (non-hydrogen) atoms. The number of para-hydroxylation sites is 2. The van der Waals surface area contributed by atoms with Crippen molar-refractivity contribution < 1.29 is 8.83 Å². The summed E-state index contributed by atoms with van der Waals surface area (Å²) in [6.45, 7) is 0. The van der Waals surface area contributed by atoms with Crippen molar-refractivity contribution in [1.82, 2.24) is 0 Å². The van der Waals surface area contributed by atoms with Crippen molar-refractivity contribution in [2.75, 3.05) is 0 Å². The maximum absolute atomic E-state index is 6.45. The van der Waals surface area contributed by atoms with Crippen molar-refractivity contribution in [1.29, 1.82) is 0 Å². The first kappa shape index (κ1) is 21.6. The van der Waals surface area contributed by atoms with Gasteiger partial charge in [-0.3, -0.25) is 0 Å². The highest BCUT2D eigenvalue weighted by Gasteiger charge is 2.20. The van der Waals surface area contributed by atoms with Crippen molar-refractivity contribution in [2.45, 2.75) is 0 Å². The number of rotatable bonds is 3. The fraction of sp³-hybridized carbons (Fsp3) is 0. The Bertz CT molecular complexity index is 2300. The molecule has 0 bridgehead atoms. The van der Waals surface area contributed by atoms with Gasteiger partial charge in [0.15, 0.2) is 0 Å². The molecule has 0 saturated heterocycles. The highest BCUT2D eigenvalue weighted by Crippen LogP contribution is 2.46. The zero-order chi connectivity index (χ0) is 26.2. The minimum Gasteiger partial charge on any atom is -0.456 e. The lowest BCUT2D eigenvalue weighted by Gasteiger charge is -2.18. The largest absolute Gasteiger partial charge is 0.456 e. The Hall–Kier alpha value is -5.34. The van der Waals surface area contributed by atoms with Gasteiger partial charge in [-0.25, -0.2) is 0 Å². The summed E-state index contributed by atoms with van der Waals surface area (Å²) in [6, 6.07) is 47.1. The summed E-state index contributed by atoms with van der Waals surface area (Å²) < 4.78 is 12.8. The fourth-order valence-electron chi connectivity index (χ4n) is 6.40. The van der Waals surface area contributed by atoms with Crippen molar-refractivity contribution in [3.63, 3.8) is 0 Å². The number of furan rings is 2. The van der Waals surface area contributed by atoms with Crippen LogP contribution < -0.4 is 0 Å². The van der Waals surface area contributed by atoms with E-state index in [1.807, 2.05) is 24.3 Å². The van der Waals surface area contributed by atoms with Crippen LogP contribution in [0.25, 0.3) is 88.0 Å². The van der Waals surface area contributed by atoms with Crippen molar-refractivity contribution in [3.05, 3.63) is 133 Å². The molecule has 2 heterocycles. The predicted molar refractivity (Wildman–Crippen MR) is 166 cm³/mol. The van der Waals surface area contributed by atoms with Gasteiger partial charge in [-0.1, -0.05) is 97.1 Å². The third kappa shape index (κ3) is 3.05. The molecule has 9 rings (SSSR count). The Morgan fingerprint density at radius 2 is 0.900 bits per heavy atom. The molecular formula is C38H22O2. The molecule has 0 aliphatic rings. The van der Waals surface area contributed by atoms with Crippen LogP contribution in [0, 0.1) is 0 Å². The molecule has 0 atom stereocenters. The van der Waals surface area contributed by atoms with E-state index in [0.29, 0.717) is 0 Å². The number of fused-ring (bicyclic) bond motifs is 2. The highest BCUT2D eigenvalue weighted by molar-refractivity contribution is 6.29. The Balaban J connectivity index is 1.42. The van der Waals surface area contributed by atoms with E-state index in [0.717, 1.165) is 44.6 Å². The van der Waals surface area contributed by atoms with Crippen LogP contribution in [0.4, 0.5) is 0 Å². The molecule has 0 aliphatic carbocycles. The lowest BCUT2D eigenvalue weighted by Crippen LogP contribution is -1.91. The molecule has 0 N–H and O–H groups in total. The molecule has 2 aromatic heterocycles. The number of benzene rings is 7. The first-order chi connectivity index (χ1) is 19.8. The average Bonchev–Trinajstić information content (AvgIpc) is 3.64. The van der Waals surface area contributed by atoms with Gasteiger partial charge in [-0.05, 0) is 79.8 Å². The van der Waals surface area contributed by atoms with Gasteiger partial charge < -0.3 is 8.83 Å². The summed E-state index contributed by atoms with van der Waals surface area (Å²) in [5.41, 5.74) is 6.40. The quantitative estimate of drug-likeness (QED) is 0.221. The topological polar surface area (TPSA) is 26.3 Å².